The zero-order valence-electron chi connectivity index (χ0n) is 13.5. The number of hydrogen-bond donors (Lipinski definition) is 1. The first-order valence-electron chi connectivity index (χ1n) is 7.60. The summed E-state index contributed by atoms with van der Waals surface area (Å²) < 4.78 is 1.86. The van der Waals surface area contributed by atoms with Crippen molar-refractivity contribution in [3.05, 3.63) is 64.3 Å². The third-order valence-electron chi connectivity index (χ3n) is 4.14. The van der Waals surface area contributed by atoms with E-state index in [-0.39, 0.29) is 12.5 Å². The minimum atomic E-state index is -0.155. The smallest absolute Gasteiger partial charge is 0.244 e. The molecule has 0 aliphatic carbocycles. The number of carbonyl (C=O) groups excluding carboxylic acids is 2. The number of nitrogens with zero attached hydrogens (tertiary/aromatic N) is 1. The molecule has 0 spiro atoms. The summed E-state index contributed by atoms with van der Waals surface area (Å²) >= 11 is 6.00. The van der Waals surface area contributed by atoms with Gasteiger partial charge in [0.05, 0.1) is 0 Å². The summed E-state index contributed by atoms with van der Waals surface area (Å²) in [5.41, 5.74) is 3.89. The van der Waals surface area contributed by atoms with E-state index in [1.807, 2.05) is 48.7 Å². The van der Waals surface area contributed by atoms with Gasteiger partial charge in [0.1, 0.15) is 6.54 Å². The number of aldehydes is 1. The van der Waals surface area contributed by atoms with Crippen LogP contribution in [0, 0.1) is 13.8 Å². The molecule has 24 heavy (non-hydrogen) atoms. The molecule has 0 saturated carbocycles. The minimum absolute atomic E-state index is 0.141. The van der Waals surface area contributed by atoms with Crippen molar-refractivity contribution in [2.75, 3.05) is 5.32 Å². The standard InChI is InChI=1S/C19H17ClN2O2/c1-12-9-14(7-8-17(12)20)21-19(24)10-22-13(2)16(11-23)15-5-3-4-6-18(15)22/h3-9,11H,10H2,1-2H3,(H,21,24). The number of anilines is 1. The molecule has 0 unspecified atom stereocenters. The molecule has 122 valence electrons. The monoisotopic (exact) mass is 340 g/mol. The Morgan fingerprint density at radius 1 is 1.21 bits per heavy atom. The summed E-state index contributed by atoms with van der Waals surface area (Å²) in [5.74, 6) is -0.155. The Bertz CT molecular complexity index is 944. The minimum Gasteiger partial charge on any atom is -0.335 e. The Balaban J connectivity index is 1.89. The summed E-state index contributed by atoms with van der Waals surface area (Å²) in [7, 11) is 0. The van der Waals surface area contributed by atoms with Crippen molar-refractivity contribution in [1.29, 1.82) is 0 Å². The Morgan fingerprint density at radius 3 is 2.67 bits per heavy atom. The Labute approximate surface area is 145 Å². The first kappa shape index (κ1) is 16.3. The van der Waals surface area contributed by atoms with E-state index in [4.69, 9.17) is 11.6 Å². The predicted molar refractivity (Wildman–Crippen MR) is 96.9 cm³/mol. The van der Waals surface area contributed by atoms with Crippen LogP contribution in [-0.2, 0) is 11.3 Å². The van der Waals surface area contributed by atoms with E-state index in [0.717, 1.165) is 28.4 Å². The number of hydrogen-bond acceptors (Lipinski definition) is 2. The van der Waals surface area contributed by atoms with Gasteiger partial charge >= 0.3 is 0 Å². The van der Waals surface area contributed by atoms with E-state index < -0.39 is 0 Å². The van der Waals surface area contributed by atoms with Crippen molar-refractivity contribution in [2.24, 2.45) is 0 Å². The molecule has 3 rings (SSSR count). The number of para-hydroxylation sites is 1. The highest BCUT2D eigenvalue weighted by atomic mass is 35.5. The first-order valence-corrected chi connectivity index (χ1v) is 7.98. The van der Waals surface area contributed by atoms with Crippen LogP contribution in [0.1, 0.15) is 21.6 Å². The SMILES string of the molecule is Cc1cc(NC(=O)Cn2c(C)c(C=O)c3ccccc32)ccc1Cl. The van der Waals surface area contributed by atoms with E-state index in [2.05, 4.69) is 5.32 Å². The fraction of sp³-hybridized carbons (Fsp3) is 0.158. The fourth-order valence-corrected chi connectivity index (χ4v) is 2.99. The van der Waals surface area contributed by atoms with Gasteiger partial charge in [-0.15, -0.1) is 0 Å². The number of benzene rings is 2. The van der Waals surface area contributed by atoms with E-state index >= 15 is 0 Å². The third kappa shape index (κ3) is 2.93. The molecule has 0 bridgehead atoms. The van der Waals surface area contributed by atoms with Gasteiger partial charge in [0.25, 0.3) is 0 Å². The van der Waals surface area contributed by atoms with Gasteiger partial charge in [-0.2, -0.15) is 0 Å². The van der Waals surface area contributed by atoms with Crippen molar-refractivity contribution in [3.63, 3.8) is 0 Å². The molecule has 0 radical (unpaired) electrons. The van der Waals surface area contributed by atoms with Crippen molar-refractivity contribution < 1.29 is 9.59 Å². The van der Waals surface area contributed by atoms with Gasteiger partial charge in [0.2, 0.25) is 5.91 Å². The lowest BCUT2D eigenvalue weighted by atomic mass is 10.1. The van der Waals surface area contributed by atoms with Gasteiger partial charge in [-0.3, -0.25) is 9.59 Å². The Kier molecular flexibility index (Phi) is 4.40. The van der Waals surface area contributed by atoms with Gasteiger partial charge in [0, 0.05) is 32.9 Å². The van der Waals surface area contributed by atoms with Crippen LogP contribution in [0.2, 0.25) is 5.02 Å². The topological polar surface area (TPSA) is 51.1 Å². The third-order valence-corrected chi connectivity index (χ3v) is 4.57. The number of aromatic nitrogens is 1. The summed E-state index contributed by atoms with van der Waals surface area (Å²) in [4.78, 5) is 23.8. The largest absolute Gasteiger partial charge is 0.335 e. The van der Waals surface area contributed by atoms with Crippen LogP contribution >= 0.6 is 11.6 Å². The summed E-state index contributed by atoms with van der Waals surface area (Å²) in [6.07, 6.45) is 0.842. The molecule has 2 aromatic carbocycles. The van der Waals surface area contributed by atoms with Crippen molar-refractivity contribution >= 4 is 40.4 Å². The van der Waals surface area contributed by atoms with Gasteiger partial charge in [-0.05, 0) is 43.7 Å². The van der Waals surface area contributed by atoms with Crippen LogP contribution in [0.15, 0.2) is 42.5 Å². The molecule has 3 aromatic rings. The van der Waals surface area contributed by atoms with Crippen molar-refractivity contribution in [3.8, 4) is 0 Å². The molecule has 5 heteroatoms. The highest BCUT2D eigenvalue weighted by molar-refractivity contribution is 6.31. The number of fused-ring (bicyclic) bond motifs is 1. The van der Waals surface area contributed by atoms with E-state index in [0.29, 0.717) is 16.3 Å². The Hall–Kier alpha value is -2.59. The number of amides is 1. The maximum atomic E-state index is 12.4. The van der Waals surface area contributed by atoms with Crippen LogP contribution < -0.4 is 5.32 Å². The zero-order valence-corrected chi connectivity index (χ0v) is 14.2. The van der Waals surface area contributed by atoms with Gasteiger partial charge < -0.3 is 9.88 Å². The van der Waals surface area contributed by atoms with Crippen LogP contribution in [-0.4, -0.2) is 16.8 Å². The van der Waals surface area contributed by atoms with Crippen LogP contribution in [0.3, 0.4) is 0 Å². The average molecular weight is 341 g/mol. The molecule has 0 aliphatic rings. The molecule has 0 aliphatic heterocycles. The number of carbonyl (C=O) groups is 2. The summed E-state index contributed by atoms with van der Waals surface area (Å²) in [5, 5.41) is 4.39. The maximum absolute atomic E-state index is 12.4. The molecule has 1 aromatic heterocycles. The number of aryl methyl sites for hydroxylation is 1. The second kappa shape index (κ2) is 6.49. The van der Waals surface area contributed by atoms with E-state index in [1.165, 1.54) is 0 Å². The average Bonchev–Trinajstić information content (AvgIpc) is 2.83. The molecule has 0 atom stereocenters. The maximum Gasteiger partial charge on any atom is 0.244 e. The molecule has 1 heterocycles. The summed E-state index contributed by atoms with van der Waals surface area (Å²) in [6, 6.07) is 12.9. The molecule has 1 amide bonds. The second-order valence-corrected chi connectivity index (χ2v) is 6.14. The number of rotatable bonds is 4. The quantitative estimate of drug-likeness (QED) is 0.717. The van der Waals surface area contributed by atoms with E-state index in [1.54, 1.807) is 12.1 Å². The van der Waals surface area contributed by atoms with Gasteiger partial charge in [0.15, 0.2) is 6.29 Å². The lowest BCUT2D eigenvalue weighted by Crippen LogP contribution is -2.19. The highest BCUT2D eigenvalue weighted by Crippen LogP contribution is 2.25. The number of halogens is 1. The molecular weight excluding hydrogens is 324 g/mol. The molecule has 0 fully saturated rings. The molecule has 0 saturated heterocycles. The number of nitrogens with one attached hydrogen (secondary N) is 1. The normalized spacial score (nSPS) is 10.8. The fourth-order valence-electron chi connectivity index (χ4n) is 2.88. The van der Waals surface area contributed by atoms with E-state index in [9.17, 15) is 9.59 Å². The van der Waals surface area contributed by atoms with Crippen LogP contribution in [0.5, 0.6) is 0 Å². The lowest BCUT2D eigenvalue weighted by molar-refractivity contribution is -0.116. The molecule has 4 nitrogen and oxygen atoms in total. The predicted octanol–water partition coefficient (Wildman–Crippen LogP) is 4.36. The summed E-state index contributed by atoms with van der Waals surface area (Å²) in [6.45, 7) is 3.88. The van der Waals surface area contributed by atoms with Crippen molar-refractivity contribution in [1.82, 2.24) is 4.57 Å². The highest BCUT2D eigenvalue weighted by Gasteiger charge is 2.15. The van der Waals surface area contributed by atoms with Crippen LogP contribution in [0.25, 0.3) is 10.9 Å². The second-order valence-electron chi connectivity index (χ2n) is 5.73. The Morgan fingerprint density at radius 2 is 1.96 bits per heavy atom. The zero-order chi connectivity index (χ0) is 17.3. The lowest BCUT2D eigenvalue weighted by Gasteiger charge is -2.10. The van der Waals surface area contributed by atoms with Crippen molar-refractivity contribution in [2.45, 2.75) is 20.4 Å². The molecule has 1 N–H and O–H groups in total. The molecular formula is C19H17ClN2O2. The van der Waals surface area contributed by atoms with Crippen LogP contribution in [0.4, 0.5) is 5.69 Å². The first-order chi connectivity index (χ1) is 11.5. The van der Waals surface area contributed by atoms with Gasteiger partial charge in [-0.1, -0.05) is 29.8 Å². The van der Waals surface area contributed by atoms with Gasteiger partial charge in [-0.25, -0.2) is 0 Å².